The van der Waals surface area contributed by atoms with Crippen molar-refractivity contribution in [1.82, 2.24) is 15.0 Å². The number of halogens is 1. The summed E-state index contributed by atoms with van der Waals surface area (Å²) in [6.45, 7) is -0.228. The van der Waals surface area contributed by atoms with Crippen molar-refractivity contribution in [3.63, 3.8) is 0 Å². The van der Waals surface area contributed by atoms with E-state index < -0.39 is 0 Å². The maximum Gasteiger partial charge on any atom is 0.123 e. The van der Waals surface area contributed by atoms with Crippen molar-refractivity contribution in [3.05, 3.63) is 71.3 Å². The molecule has 22 heavy (non-hydrogen) atoms. The third-order valence-corrected chi connectivity index (χ3v) is 3.37. The largest absolute Gasteiger partial charge is 0.508 e. The Morgan fingerprint density at radius 1 is 1.00 bits per heavy atom. The van der Waals surface area contributed by atoms with E-state index in [1.807, 2.05) is 0 Å². The number of rotatable bonds is 4. The molecule has 0 aliphatic rings. The molecule has 0 spiro atoms. The summed E-state index contributed by atoms with van der Waals surface area (Å²) in [6.07, 6.45) is 0.462. The number of aliphatic hydroxyl groups excluding tert-OH is 1. The molecule has 6 heteroatoms. The van der Waals surface area contributed by atoms with Crippen molar-refractivity contribution >= 4 is 0 Å². The molecule has 0 saturated carbocycles. The minimum Gasteiger partial charge on any atom is -0.508 e. The molecule has 0 aliphatic heterocycles. The number of aromatic hydroxyl groups is 1. The van der Waals surface area contributed by atoms with Gasteiger partial charge in [0.1, 0.15) is 17.3 Å². The SMILES string of the molecule is OCc1nnn(-c2ccc(O)cc2)c1Cc1ccc(F)cc1. The Morgan fingerprint density at radius 2 is 1.68 bits per heavy atom. The van der Waals surface area contributed by atoms with E-state index in [0.29, 0.717) is 12.1 Å². The Kier molecular flexibility index (Phi) is 3.84. The number of benzene rings is 2. The standard InChI is InChI=1S/C16H14FN3O2/c17-12-3-1-11(2-4-12)9-16-15(10-21)18-19-20(16)13-5-7-14(22)8-6-13/h1-8,21-22H,9-10H2. The Morgan fingerprint density at radius 3 is 2.32 bits per heavy atom. The zero-order valence-electron chi connectivity index (χ0n) is 11.6. The minimum absolute atomic E-state index is 0.159. The number of aromatic nitrogens is 3. The van der Waals surface area contributed by atoms with Crippen LogP contribution in [0.5, 0.6) is 5.75 Å². The van der Waals surface area contributed by atoms with Crippen LogP contribution in [-0.2, 0) is 13.0 Å². The van der Waals surface area contributed by atoms with Gasteiger partial charge in [-0.3, -0.25) is 0 Å². The fourth-order valence-electron chi connectivity index (χ4n) is 2.23. The lowest BCUT2D eigenvalue weighted by atomic mass is 10.1. The van der Waals surface area contributed by atoms with Crippen molar-refractivity contribution in [1.29, 1.82) is 0 Å². The van der Waals surface area contributed by atoms with Crippen LogP contribution in [0.1, 0.15) is 17.0 Å². The van der Waals surface area contributed by atoms with Gasteiger partial charge in [0.15, 0.2) is 0 Å². The molecular weight excluding hydrogens is 285 g/mol. The van der Waals surface area contributed by atoms with Gasteiger partial charge in [0.25, 0.3) is 0 Å². The predicted octanol–water partition coefficient (Wildman–Crippen LogP) is 2.20. The second-order valence-corrected chi connectivity index (χ2v) is 4.87. The average molecular weight is 299 g/mol. The van der Waals surface area contributed by atoms with Crippen LogP contribution in [0.2, 0.25) is 0 Å². The number of aliphatic hydroxyl groups is 1. The van der Waals surface area contributed by atoms with Crippen molar-refractivity contribution in [2.45, 2.75) is 13.0 Å². The molecule has 2 aromatic carbocycles. The first-order chi connectivity index (χ1) is 10.7. The van der Waals surface area contributed by atoms with E-state index in [4.69, 9.17) is 0 Å². The Hall–Kier alpha value is -2.73. The first kappa shape index (κ1) is 14.2. The van der Waals surface area contributed by atoms with Crippen molar-refractivity contribution in [2.24, 2.45) is 0 Å². The van der Waals surface area contributed by atoms with Crippen molar-refractivity contribution in [3.8, 4) is 11.4 Å². The Labute approximate surface area is 126 Å². The average Bonchev–Trinajstić information content (AvgIpc) is 2.93. The molecule has 112 valence electrons. The highest BCUT2D eigenvalue weighted by molar-refractivity contribution is 5.39. The lowest BCUT2D eigenvalue weighted by Gasteiger charge is -2.08. The molecule has 0 amide bonds. The third kappa shape index (κ3) is 2.82. The first-order valence-corrected chi connectivity index (χ1v) is 6.75. The van der Waals surface area contributed by atoms with E-state index in [-0.39, 0.29) is 18.2 Å². The molecule has 0 atom stereocenters. The van der Waals surface area contributed by atoms with Crippen LogP contribution in [-0.4, -0.2) is 25.2 Å². The van der Waals surface area contributed by atoms with Crippen LogP contribution in [0.25, 0.3) is 5.69 Å². The lowest BCUT2D eigenvalue weighted by Crippen LogP contribution is -2.05. The monoisotopic (exact) mass is 299 g/mol. The molecule has 0 saturated heterocycles. The van der Waals surface area contributed by atoms with Crippen LogP contribution in [0.3, 0.4) is 0 Å². The summed E-state index contributed by atoms with van der Waals surface area (Å²) < 4.78 is 14.6. The molecule has 3 aromatic rings. The van der Waals surface area contributed by atoms with Gasteiger partial charge >= 0.3 is 0 Å². The number of nitrogens with zero attached hydrogens (tertiary/aromatic N) is 3. The minimum atomic E-state index is -0.295. The van der Waals surface area contributed by atoms with Gasteiger partial charge < -0.3 is 10.2 Å². The second-order valence-electron chi connectivity index (χ2n) is 4.87. The van der Waals surface area contributed by atoms with Crippen LogP contribution in [0, 0.1) is 5.82 Å². The number of hydrogen-bond donors (Lipinski definition) is 2. The third-order valence-electron chi connectivity index (χ3n) is 3.37. The van der Waals surface area contributed by atoms with E-state index in [9.17, 15) is 14.6 Å². The van der Waals surface area contributed by atoms with Crippen LogP contribution in [0.4, 0.5) is 4.39 Å². The summed E-state index contributed by atoms with van der Waals surface area (Å²) in [5.41, 5.74) is 2.80. The van der Waals surface area contributed by atoms with Gasteiger partial charge in [0.2, 0.25) is 0 Å². The molecule has 0 aliphatic carbocycles. The van der Waals surface area contributed by atoms with Crippen molar-refractivity contribution in [2.75, 3.05) is 0 Å². The van der Waals surface area contributed by atoms with Crippen LogP contribution in [0.15, 0.2) is 48.5 Å². The maximum atomic E-state index is 13.0. The lowest BCUT2D eigenvalue weighted by molar-refractivity contribution is 0.275. The maximum absolute atomic E-state index is 13.0. The smallest absolute Gasteiger partial charge is 0.123 e. The highest BCUT2D eigenvalue weighted by Crippen LogP contribution is 2.19. The molecule has 2 N–H and O–H groups in total. The van der Waals surface area contributed by atoms with Gasteiger partial charge in [-0.15, -0.1) is 5.10 Å². The zero-order chi connectivity index (χ0) is 15.5. The van der Waals surface area contributed by atoms with E-state index in [2.05, 4.69) is 10.3 Å². The summed E-state index contributed by atoms with van der Waals surface area (Å²) in [7, 11) is 0. The number of hydrogen-bond acceptors (Lipinski definition) is 4. The highest BCUT2D eigenvalue weighted by Gasteiger charge is 2.14. The Bertz CT molecular complexity index is 767. The van der Waals surface area contributed by atoms with Gasteiger partial charge in [0, 0.05) is 6.42 Å². The quantitative estimate of drug-likeness (QED) is 0.774. The van der Waals surface area contributed by atoms with E-state index in [1.54, 1.807) is 41.1 Å². The van der Waals surface area contributed by atoms with E-state index >= 15 is 0 Å². The van der Waals surface area contributed by atoms with Gasteiger partial charge in [-0.25, -0.2) is 9.07 Å². The fraction of sp³-hybridized carbons (Fsp3) is 0.125. The molecule has 0 unspecified atom stereocenters. The van der Waals surface area contributed by atoms with Gasteiger partial charge in [0.05, 0.1) is 18.0 Å². The number of phenols is 1. The van der Waals surface area contributed by atoms with E-state index in [1.165, 1.54) is 12.1 Å². The number of phenolic OH excluding ortho intramolecular Hbond substituents is 1. The van der Waals surface area contributed by atoms with Gasteiger partial charge in [-0.1, -0.05) is 17.3 Å². The van der Waals surface area contributed by atoms with Gasteiger partial charge in [-0.05, 0) is 42.0 Å². The van der Waals surface area contributed by atoms with Crippen molar-refractivity contribution < 1.29 is 14.6 Å². The molecule has 0 radical (unpaired) electrons. The normalized spacial score (nSPS) is 10.8. The summed E-state index contributed by atoms with van der Waals surface area (Å²) in [5, 5.41) is 26.8. The Balaban J connectivity index is 2.00. The molecule has 0 fully saturated rings. The zero-order valence-corrected chi connectivity index (χ0v) is 11.6. The molecule has 5 nitrogen and oxygen atoms in total. The topological polar surface area (TPSA) is 71.2 Å². The summed E-state index contributed by atoms with van der Waals surface area (Å²) in [5.74, 6) is -0.136. The molecular formula is C16H14FN3O2. The summed E-state index contributed by atoms with van der Waals surface area (Å²) in [6, 6.07) is 12.7. The molecule has 0 bridgehead atoms. The van der Waals surface area contributed by atoms with E-state index in [0.717, 1.165) is 16.9 Å². The highest BCUT2D eigenvalue weighted by atomic mass is 19.1. The van der Waals surface area contributed by atoms with Gasteiger partial charge in [-0.2, -0.15) is 0 Å². The first-order valence-electron chi connectivity index (χ1n) is 6.75. The molecule has 3 rings (SSSR count). The molecule has 1 aromatic heterocycles. The van der Waals surface area contributed by atoms with Crippen LogP contribution >= 0.6 is 0 Å². The molecule has 1 heterocycles. The summed E-state index contributed by atoms with van der Waals surface area (Å²) in [4.78, 5) is 0. The fourth-order valence-corrected chi connectivity index (χ4v) is 2.23. The second kappa shape index (κ2) is 5.95. The van der Waals surface area contributed by atoms with Crippen LogP contribution < -0.4 is 0 Å². The predicted molar refractivity (Wildman–Crippen MR) is 78.2 cm³/mol. The summed E-state index contributed by atoms with van der Waals surface area (Å²) >= 11 is 0.